The molecule has 0 N–H and O–H groups in total. The van der Waals surface area contributed by atoms with Crippen molar-refractivity contribution in [1.29, 1.82) is 5.26 Å². The molecule has 0 radical (unpaired) electrons. The highest BCUT2D eigenvalue weighted by atomic mass is 16.5. The van der Waals surface area contributed by atoms with Gasteiger partial charge in [-0.15, -0.1) is 0 Å². The van der Waals surface area contributed by atoms with Crippen LogP contribution in [0.25, 0.3) is 10.8 Å². The fourth-order valence-corrected chi connectivity index (χ4v) is 2.36. The number of methoxy groups -OCH3 is 1. The van der Waals surface area contributed by atoms with E-state index in [4.69, 9.17) is 4.74 Å². The van der Waals surface area contributed by atoms with Crippen molar-refractivity contribution in [2.75, 3.05) is 7.11 Å². The van der Waals surface area contributed by atoms with Crippen molar-refractivity contribution in [1.82, 2.24) is 0 Å². The van der Waals surface area contributed by atoms with Crippen LogP contribution in [0, 0.1) is 11.3 Å². The van der Waals surface area contributed by atoms with Crippen molar-refractivity contribution in [2.24, 2.45) is 4.99 Å². The number of fused-ring (bicyclic) bond motifs is 1. The van der Waals surface area contributed by atoms with Crippen LogP contribution in [0.3, 0.4) is 0 Å². The first kappa shape index (κ1) is 13.8. The molecule has 3 rings (SSSR count). The van der Waals surface area contributed by atoms with Crippen molar-refractivity contribution in [3.05, 3.63) is 72.3 Å². The van der Waals surface area contributed by atoms with Crippen molar-refractivity contribution >= 4 is 22.2 Å². The largest absolute Gasteiger partial charge is 0.497 e. The second-order valence-electron chi connectivity index (χ2n) is 4.80. The van der Waals surface area contributed by atoms with Gasteiger partial charge in [-0.1, -0.05) is 42.5 Å². The van der Waals surface area contributed by atoms with Gasteiger partial charge in [-0.05, 0) is 35.0 Å². The van der Waals surface area contributed by atoms with Crippen LogP contribution in [0.2, 0.25) is 0 Å². The Balaban J connectivity index is 2.09. The van der Waals surface area contributed by atoms with E-state index >= 15 is 0 Å². The van der Waals surface area contributed by atoms with Crippen molar-refractivity contribution in [2.45, 2.75) is 0 Å². The molecule has 0 atom stereocenters. The van der Waals surface area contributed by atoms with Gasteiger partial charge >= 0.3 is 0 Å². The Kier molecular flexibility index (Phi) is 3.84. The predicted molar refractivity (Wildman–Crippen MR) is 88.8 cm³/mol. The van der Waals surface area contributed by atoms with Gasteiger partial charge in [0.15, 0.2) is 0 Å². The molecule has 106 valence electrons. The molecule has 3 aromatic rings. The molecule has 0 aliphatic heterocycles. The maximum absolute atomic E-state index is 9.50. The third-order valence-corrected chi connectivity index (χ3v) is 3.46. The van der Waals surface area contributed by atoms with E-state index in [9.17, 15) is 5.26 Å². The summed E-state index contributed by atoms with van der Waals surface area (Å²) in [5, 5.41) is 11.6. The van der Waals surface area contributed by atoms with Crippen LogP contribution in [-0.2, 0) is 0 Å². The van der Waals surface area contributed by atoms with Gasteiger partial charge in [0.25, 0.3) is 0 Å². The topological polar surface area (TPSA) is 45.4 Å². The van der Waals surface area contributed by atoms with Gasteiger partial charge < -0.3 is 4.74 Å². The van der Waals surface area contributed by atoms with E-state index in [0.29, 0.717) is 5.71 Å². The summed E-state index contributed by atoms with van der Waals surface area (Å²) in [6.07, 6.45) is 0. The van der Waals surface area contributed by atoms with Gasteiger partial charge in [-0.2, -0.15) is 5.26 Å². The molecule has 0 aliphatic rings. The van der Waals surface area contributed by atoms with E-state index in [2.05, 4.69) is 11.1 Å². The Morgan fingerprint density at radius 1 is 0.955 bits per heavy atom. The summed E-state index contributed by atoms with van der Waals surface area (Å²) in [6.45, 7) is 0. The molecule has 0 fully saturated rings. The van der Waals surface area contributed by atoms with Crippen molar-refractivity contribution in [3.8, 4) is 11.8 Å². The van der Waals surface area contributed by atoms with Crippen LogP contribution in [0.4, 0.5) is 5.69 Å². The molecule has 0 bridgehead atoms. The Bertz CT molecular complexity index is 869. The van der Waals surface area contributed by atoms with E-state index in [-0.39, 0.29) is 0 Å². The van der Waals surface area contributed by atoms with Crippen molar-refractivity contribution < 1.29 is 4.74 Å². The molecular formula is C19H14N2O. The summed E-state index contributed by atoms with van der Waals surface area (Å²) in [5.41, 5.74) is 1.98. The molecular weight excluding hydrogens is 272 g/mol. The average Bonchev–Trinajstić information content (AvgIpc) is 2.60. The quantitative estimate of drug-likeness (QED) is 0.666. The number of nitrogens with zero attached hydrogens (tertiary/aromatic N) is 2. The van der Waals surface area contributed by atoms with Crippen LogP contribution in [0.1, 0.15) is 5.56 Å². The summed E-state index contributed by atoms with van der Waals surface area (Å²) in [5.74, 6) is 0.766. The molecule has 0 heterocycles. The molecule has 22 heavy (non-hydrogen) atoms. The van der Waals surface area contributed by atoms with E-state index in [0.717, 1.165) is 27.8 Å². The number of benzene rings is 3. The first-order chi connectivity index (χ1) is 10.8. The van der Waals surface area contributed by atoms with Gasteiger partial charge in [-0.25, -0.2) is 4.99 Å². The SMILES string of the molecule is COc1ccc(/N=C(\C#N)c2cccc3ccccc23)cc1. The highest BCUT2D eigenvalue weighted by Gasteiger charge is 2.07. The van der Waals surface area contributed by atoms with E-state index in [1.807, 2.05) is 66.7 Å². The normalized spacial score (nSPS) is 11.2. The fourth-order valence-electron chi connectivity index (χ4n) is 2.36. The average molecular weight is 286 g/mol. The third-order valence-electron chi connectivity index (χ3n) is 3.46. The zero-order valence-corrected chi connectivity index (χ0v) is 12.2. The fraction of sp³-hybridized carbons (Fsp3) is 0.0526. The smallest absolute Gasteiger partial charge is 0.148 e. The van der Waals surface area contributed by atoms with Gasteiger partial charge in [0, 0.05) is 5.56 Å². The maximum atomic E-state index is 9.50. The Labute approximate surface area is 129 Å². The number of nitriles is 1. The number of aliphatic imine (C=N–C) groups is 1. The molecule has 0 spiro atoms. The Morgan fingerprint density at radius 2 is 1.68 bits per heavy atom. The number of rotatable bonds is 3. The number of hydrogen-bond donors (Lipinski definition) is 0. The highest BCUT2D eigenvalue weighted by Crippen LogP contribution is 2.22. The monoisotopic (exact) mass is 286 g/mol. The lowest BCUT2D eigenvalue weighted by molar-refractivity contribution is 0.415. The molecule has 0 unspecified atom stereocenters. The van der Waals surface area contributed by atoms with Crippen LogP contribution in [0.15, 0.2) is 71.7 Å². The predicted octanol–water partition coefficient (Wildman–Crippen LogP) is 4.49. The second-order valence-corrected chi connectivity index (χ2v) is 4.80. The molecule has 0 saturated heterocycles. The zero-order chi connectivity index (χ0) is 15.4. The molecule has 0 amide bonds. The van der Waals surface area contributed by atoms with Gasteiger partial charge in [0.2, 0.25) is 0 Å². The lowest BCUT2D eigenvalue weighted by atomic mass is 10.0. The number of ether oxygens (including phenoxy) is 1. The van der Waals surface area contributed by atoms with Crippen LogP contribution in [-0.4, -0.2) is 12.8 Å². The van der Waals surface area contributed by atoms with Crippen LogP contribution >= 0.6 is 0 Å². The lowest BCUT2D eigenvalue weighted by Crippen LogP contribution is -1.97. The zero-order valence-electron chi connectivity index (χ0n) is 12.2. The summed E-state index contributed by atoms with van der Waals surface area (Å²) in [6, 6.07) is 23.4. The molecule has 0 aliphatic carbocycles. The standard InChI is InChI=1S/C19H14N2O/c1-22-16-11-9-15(10-12-16)21-19(13-20)18-8-4-6-14-5-2-3-7-17(14)18/h2-12H,1H3/b21-19+. The molecule has 0 saturated carbocycles. The summed E-state index contributed by atoms with van der Waals surface area (Å²) in [7, 11) is 1.62. The summed E-state index contributed by atoms with van der Waals surface area (Å²) >= 11 is 0. The van der Waals surface area contributed by atoms with Crippen molar-refractivity contribution in [3.63, 3.8) is 0 Å². The van der Waals surface area contributed by atoms with Gasteiger partial charge in [0.05, 0.1) is 12.8 Å². The second kappa shape index (κ2) is 6.11. The number of hydrogen-bond acceptors (Lipinski definition) is 3. The van der Waals surface area contributed by atoms with Crippen LogP contribution in [0.5, 0.6) is 5.75 Å². The minimum atomic E-state index is 0.405. The van der Waals surface area contributed by atoms with Gasteiger partial charge in [-0.3, -0.25) is 0 Å². The minimum absolute atomic E-state index is 0.405. The highest BCUT2D eigenvalue weighted by molar-refractivity contribution is 6.19. The van der Waals surface area contributed by atoms with Gasteiger partial charge in [0.1, 0.15) is 17.5 Å². The van der Waals surface area contributed by atoms with E-state index in [1.165, 1.54) is 0 Å². The molecule has 3 aromatic carbocycles. The molecule has 3 heteroatoms. The summed E-state index contributed by atoms with van der Waals surface area (Å²) in [4.78, 5) is 4.47. The third kappa shape index (κ3) is 2.68. The molecule has 0 aromatic heterocycles. The van der Waals surface area contributed by atoms with Crippen LogP contribution < -0.4 is 4.74 Å². The minimum Gasteiger partial charge on any atom is -0.497 e. The maximum Gasteiger partial charge on any atom is 0.148 e. The first-order valence-corrected chi connectivity index (χ1v) is 6.93. The molecule has 3 nitrogen and oxygen atoms in total. The van der Waals surface area contributed by atoms with E-state index < -0.39 is 0 Å². The lowest BCUT2D eigenvalue weighted by Gasteiger charge is -2.05. The first-order valence-electron chi connectivity index (χ1n) is 6.93. The summed E-state index contributed by atoms with van der Waals surface area (Å²) < 4.78 is 5.13. The Morgan fingerprint density at radius 3 is 2.41 bits per heavy atom. The van der Waals surface area contributed by atoms with E-state index in [1.54, 1.807) is 7.11 Å². The Hall–Kier alpha value is -3.12.